The van der Waals surface area contributed by atoms with E-state index in [-0.39, 0.29) is 25.2 Å². The number of rotatable bonds is 17. The first-order valence-electron chi connectivity index (χ1n) is 15.9. The quantitative estimate of drug-likeness (QED) is 0.0917. The number of nitrogens with one attached hydrogen (secondary N) is 2. The van der Waals surface area contributed by atoms with Crippen LogP contribution in [0.4, 0.5) is 26.3 Å². The molecule has 1 aliphatic carbocycles. The zero-order valence-electron chi connectivity index (χ0n) is 28.6. The van der Waals surface area contributed by atoms with Crippen molar-refractivity contribution in [2.45, 2.75) is 127 Å². The monoisotopic (exact) mass is 715 g/mol. The van der Waals surface area contributed by atoms with Crippen LogP contribution in [0.2, 0.25) is 25.7 Å². The number of alkyl halides is 6. The van der Waals surface area contributed by atoms with Crippen molar-refractivity contribution in [2.75, 3.05) is 19.8 Å². The molecule has 0 spiro atoms. The van der Waals surface area contributed by atoms with Crippen LogP contribution in [0.3, 0.4) is 0 Å². The van der Waals surface area contributed by atoms with E-state index >= 15 is 0 Å². The predicted octanol–water partition coefficient (Wildman–Crippen LogP) is 7.12. The number of nitrogens with zero attached hydrogens (tertiary/aromatic N) is 2. The van der Waals surface area contributed by atoms with Crippen LogP contribution < -0.4 is 15.8 Å². The fourth-order valence-electron chi connectivity index (χ4n) is 4.77. The number of hydrogen-bond donors (Lipinski definition) is 3. The van der Waals surface area contributed by atoms with Gasteiger partial charge in [0.2, 0.25) is 0 Å². The van der Waals surface area contributed by atoms with Crippen LogP contribution in [0.1, 0.15) is 77.4 Å². The number of hydrogen-bond acceptors (Lipinski definition) is 6. The summed E-state index contributed by atoms with van der Waals surface area (Å²) < 4.78 is 109. The summed E-state index contributed by atoms with van der Waals surface area (Å²) in [4.78, 5) is 4.84. The molecular formula is C31H51F6N5O3SSi. The smallest absolute Gasteiger partial charge is 0.364 e. The van der Waals surface area contributed by atoms with Crippen molar-refractivity contribution in [1.82, 2.24) is 19.6 Å². The topological polar surface area (TPSA) is 103 Å². The number of fused-ring (bicyclic) bond motifs is 1. The molecule has 8 nitrogen and oxygen atoms in total. The highest BCUT2D eigenvalue weighted by molar-refractivity contribution is 7.84. The minimum absolute atomic E-state index is 0.0275. The summed E-state index contributed by atoms with van der Waals surface area (Å²) in [6.45, 7) is 13.8. The van der Waals surface area contributed by atoms with Gasteiger partial charge in [-0.1, -0.05) is 25.7 Å². The number of halogens is 6. The second-order valence-corrected chi connectivity index (χ2v) is 22.8. The Balaban J connectivity index is 2.03. The second-order valence-electron chi connectivity index (χ2n) is 15.2. The van der Waals surface area contributed by atoms with Gasteiger partial charge in [0.25, 0.3) is 0 Å². The summed E-state index contributed by atoms with van der Waals surface area (Å²) in [5.74, 6) is 0.516. The van der Waals surface area contributed by atoms with Crippen molar-refractivity contribution in [1.29, 1.82) is 0 Å². The Morgan fingerprint density at radius 1 is 1.09 bits per heavy atom. The van der Waals surface area contributed by atoms with Crippen molar-refractivity contribution in [3.05, 3.63) is 29.6 Å². The molecule has 16 heteroatoms. The fraction of sp³-hybridized carbons (Fsp3) is 0.774. The Morgan fingerprint density at radius 3 is 2.26 bits per heavy atom. The molecule has 0 bridgehead atoms. The maximum atomic E-state index is 13.8. The van der Waals surface area contributed by atoms with Crippen LogP contribution in [0.15, 0.2) is 18.2 Å². The van der Waals surface area contributed by atoms with Gasteiger partial charge in [-0.2, -0.15) is 26.3 Å². The molecule has 1 aromatic heterocycles. The maximum absolute atomic E-state index is 13.8. The second kappa shape index (κ2) is 15.1. The Bertz CT molecular complexity index is 1350. The standard InChI is InChI=1S/C31H51F6N5O3SSi/c1-28(2,3)46(43)41-24(18-45-29(4,5)31(35,36)37)27-40-23-15-21(11-12-25(23)42(27)19-44-13-14-47(6,7)8)26(20-9-10-20)39-17-22(38)16-30(32,33)34/h11-12,15,20,22,24,26,39,41H,9-10,13-14,16-19,38H2,1-8H3/t22?,24-,26+,46?/m0/s1. The molecule has 0 amide bonds. The fourth-order valence-corrected chi connectivity index (χ4v) is 6.31. The number of nitrogens with two attached hydrogens (primary N) is 1. The number of benzene rings is 1. The summed E-state index contributed by atoms with van der Waals surface area (Å²) >= 11 is 0. The van der Waals surface area contributed by atoms with Crippen molar-refractivity contribution < 1.29 is 40.0 Å². The molecule has 0 saturated heterocycles. The lowest BCUT2D eigenvalue weighted by Gasteiger charge is -2.31. The van der Waals surface area contributed by atoms with Crippen LogP contribution in [0.5, 0.6) is 0 Å². The Hall–Kier alpha value is -1.56. The SMILES string of the molecule is CC(C)(C)S(=O)N[C@@H](COC(C)(C)C(F)(F)F)c1nc2cc([C@H](NCC(N)CC(F)(F)F)C3CC3)ccc2n1COCC[Si](C)(C)C. The molecule has 2 aromatic rings. The first-order valence-corrected chi connectivity index (χ1v) is 20.8. The molecule has 3 rings (SSSR count). The summed E-state index contributed by atoms with van der Waals surface area (Å²) in [5.41, 5.74) is 5.26. The van der Waals surface area contributed by atoms with E-state index in [2.05, 4.69) is 29.7 Å². The summed E-state index contributed by atoms with van der Waals surface area (Å²) in [6, 6.07) is 4.06. The third-order valence-corrected chi connectivity index (χ3v) is 11.3. The third kappa shape index (κ3) is 12.1. The molecule has 1 aliphatic rings. The van der Waals surface area contributed by atoms with E-state index in [0.717, 1.165) is 38.3 Å². The molecule has 0 radical (unpaired) electrons. The predicted molar refractivity (Wildman–Crippen MR) is 176 cm³/mol. The average Bonchev–Trinajstić information content (AvgIpc) is 3.67. The average molecular weight is 716 g/mol. The summed E-state index contributed by atoms with van der Waals surface area (Å²) in [5, 5.41) is 3.22. The van der Waals surface area contributed by atoms with Gasteiger partial charge in [0.1, 0.15) is 18.6 Å². The van der Waals surface area contributed by atoms with Gasteiger partial charge >= 0.3 is 12.4 Å². The highest BCUT2D eigenvalue weighted by Crippen LogP contribution is 2.42. The Kier molecular flexibility index (Phi) is 12.8. The minimum Gasteiger partial charge on any atom is -0.364 e. The summed E-state index contributed by atoms with van der Waals surface area (Å²) in [7, 11) is -3.12. The highest BCUT2D eigenvalue weighted by Gasteiger charge is 2.49. The summed E-state index contributed by atoms with van der Waals surface area (Å²) in [6.07, 6.45) is -8.30. The van der Waals surface area contributed by atoms with E-state index in [4.69, 9.17) is 20.2 Å². The Labute approximate surface area is 277 Å². The molecule has 47 heavy (non-hydrogen) atoms. The van der Waals surface area contributed by atoms with E-state index in [1.807, 2.05) is 18.2 Å². The largest absolute Gasteiger partial charge is 0.416 e. The van der Waals surface area contributed by atoms with E-state index < -0.39 is 66.9 Å². The van der Waals surface area contributed by atoms with Crippen LogP contribution in [-0.2, 0) is 27.2 Å². The first-order chi connectivity index (χ1) is 21.4. The zero-order chi connectivity index (χ0) is 35.6. The van der Waals surface area contributed by atoms with Gasteiger partial charge in [0.05, 0.1) is 39.8 Å². The molecule has 0 aliphatic heterocycles. The zero-order valence-corrected chi connectivity index (χ0v) is 30.4. The van der Waals surface area contributed by atoms with E-state index in [9.17, 15) is 30.6 Å². The normalized spacial score (nSPS) is 18.0. The Morgan fingerprint density at radius 2 is 1.72 bits per heavy atom. The van der Waals surface area contributed by atoms with Gasteiger partial charge in [-0.3, -0.25) is 0 Å². The number of imidazole rings is 1. The molecule has 4 atom stereocenters. The van der Waals surface area contributed by atoms with Crippen molar-refractivity contribution >= 4 is 30.1 Å². The van der Waals surface area contributed by atoms with Gasteiger partial charge in [-0.05, 0) is 77.1 Å². The van der Waals surface area contributed by atoms with Gasteiger partial charge in [-0.15, -0.1) is 0 Å². The number of aromatic nitrogens is 2. The molecule has 4 N–H and O–H groups in total. The van der Waals surface area contributed by atoms with Gasteiger partial charge < -0.3 is 25.1 Å². The first kappa shape index (κ1) is 39.9. The molecule has 1 fully saturated rings. The lowest BCUT2D eigenvalue weighted by molar-refractivity contribution is -0.265. The van der Waals surface area contributed by atoms with Gasteiger partial charge in [-0.25, -0.2) is 13.9 Å². The van der Waals surface area contributed by atoms with Crippen molar-refractivity contribution in [3.63, 3.8) is 0 Å². The van der Waals surface area contributed by atoms with Crippen LogP contribution >= 0.6 is 0 Å². The molecule has 1 heterocycles. The molecule has 1 aromatic carbocycles. The molecule has 1 saturated carbocycles. The van der Waals surface area contributed by atoms with Crippen molar-refractivity contribution in [3.8, 4) is 0 Å². The molecule has 270 valence electrons. The number of ether oxygens (including phenoxy) is 2. The van der Waals surface area contributed by atoms with E-state index in [1.54, 1.807) is 25.3 Å². The van der Waals surface area contributed by atoms with Crippen LogP contribution in [0, 0.1) is 5.92 Å². The third-order valence-electron chi connectivity index (χ3n) is 7.98. The van der Waals surface area contributed by atoms with Gasteiger partial charge in [0, 0.05) is 33.3 Å². The van der Waals surface area contributed by atoms with Crippen LogP contribution in [-0.4, -0.2) is 70.3 Å². The van der Waals surface area contributed by atoms with Crippen LogP contribution in [0.25, 0.3) is 11.0 Å². The minimum atomic E-state index is -4.65. The van der Waals surface area contributed by atoms with Crippen molar-refractivity contribution in [2.24, 2.45) is 11.7 Å². The molecule has 2 unspecified atom stereocenters. The van der Waals surface area contributed by atoms with E-state index in [0.29, 0.717) is 23.5 Å². The molecular weight excluding hydrogens is 665 g/mol. The van der Waals surface area contributed by atoms with E-state index in [1.165, 1.54) is 0 Å². The maximum Gasteiger partial charge on any atom is 0.416 e. The van der Waals surface area contributed by atoms with Gasteiger partial charge in [0.15, 0.2) is 5.60 Å². The highest BCUT2D eigenvalue weighted by atomic mass is 32.2. The lowest BCUT2D eigenvalue weighted by Crippen LogP contribution is -2.45. The lowest BCUT2D eigenvalue weighted by atomic mass is 10.0.